The molecule has 0 fully saturated rings. The molecule has 0 heterocycles. The molecule has 1 unspecified atom stereocenters. The fourth-order valence-corrected chi connectivity index (χ4v) is 3.68. The van der Waals surface area contributed by atoms with Gasteiger partial charge in [0, 0.05) is 0 Å². The van der Waals surface area contributed by atoms with E-state index in [1.165, 1.54) is 5.56 Å². The monoisotopic (exact) mass is 412 g/mol. The summed E-state index contributed by atoms with van der Waals surface area (Å²) in [6.45, 7) is 3.76. The Morgan fingerprint density at radius 1 is 0.800 bits per heavy atom. The molecule has 3 aromatic rings. The van der Waals surface area contributed by atoms with Gasteiger partial charge in [-0.05, 0) is 59.6 Å². The molecule has 0 amide bonds. The first kappa shape index (κ1) is 22.1. The van der Waals surface area contributed by atoms with Crippen LogP contribution in [0.15, 0.2) is 60.7 Å². The lowest BCUT2D eigenvalue weighted by atomic mass is 9.93. The molecule has 0 bridgehead atoms. The number of hydrogen-bond donors (Lipinski definition) is 1. The first-order valence-electron chi connectivity index (χ1n) is 10.4. The summed E-state index contributed by atoms with van der Waals surface area (Å²) >= 11 is 0. The van der Waals surface area contributed by atoms with E-state index >= 15 is 4.39 Å². The molecular formula is C26H27F3O. The number of aryl methyl sites for hydroxylation is 3. The number of aliphatic hydroxyl groups is 1. The largest absolute Gasteiger partial charge is 0.389 e. The number of rotatable bonds is 8. The van der Waals surface area contributed by atoms with Gasteiger partial charge in [-0.25, -0.2) is 13.2 Å². The zero-order valence-corrected chi connectivity index (χ0v) is 17.3. The van der Waals surface area contributed by atoms with E-state index in [9.17, 15) is 13.9 Å². The third kappa shape index (κ3) is 5.11. The van der Waals surface area contributed by atoms with E-state index in [1.807, 2.05) is 12.1 Å². The van der Waals surface area contributed by atoms with Gasteiger partial charge in [0.2, 0.25) is 0 Å². The maximum absolute atomic E-state index is 15.0. The van der Waals surface area contributed by atoms with E-state index in [4.69, 9.17) is 0 Å². The van der Waals surface area contributed by atoms with Crippen molar-refractivity contribution in [3.05, 3.63) is 94.3 Å². The van der Waals surface area contributed by atoms with Crippen LogP contribution in [-0.2, 0) is 19.3 Å². The molecule has 3 rings (SSSR count). The summed E-state index contributed by atoms with van der Waals surface area (Å²) < 4.78 is 42.5. The minimum atomic E-state index is -2.91. The van der Waals surface area contributed by atoms with Crippen molar-refractivity contribution >= 4 is 0 Å². The lowest BCUT2D eigenvalue weighted by Gasteiger charge is -2.15. The average molecular weight is 412 g/mol. The third-order valence-electron chi connectivity index (χ3n) is 5.43. The van der Waals surface area contributed by atoms with Gasteiger partial charge >= 0.3 is 0 Å². The van der Waals surface area contributed by atoms with Crippen LogP contribution in [0.25, 0.3) is 11.1 Å². The van der Waals surface area contributed by atoms with Crippen molar-refractivity contribution in [2.45, 2.75) is 52.1 Å². The fourth-order valence-electron chi connectivity index (χ4n) is 3.68. The second-order valence-corrected chi connectivity index (χ2v) is 7.67. The lowest BCUT2D eigenvalue weighted by molar-refractivity contribution is 0.147. The molecule has 1 N–H and O–H groups in total. The molecule has 0 aromatic heterocycles. The molecule has 3 aromatic carbocycles. The maximum Gasteiger partial charge on any atom is 0.267 e. The second-order valence-electron chi connectivity index (χ2n) is 7.67. The molecular weight excluding hydrogens is 385 g/mol. The Hall–Kier alpha value is -2.59. The number of halogens is 3. The van der Waals surface area contributed by atoms with Crippen LogP contribution in [0, 0.1) is 5.82 Å². The zero-order valence-electron chi connectivity index (χ0n) is 17.3. The van der Waals surface area contributed by atoms with Crippen molar-refractivity contribution in [2.75, 3.05) is 0 Å². The Balaban J connectivity index is 1.84. The molecule has 1 nitrogen and oxygen atoms in total. The maximum atomic E-state index is 15.0. The van der Waals surface area contributed by atoms with Gasteiger partial charge in [-0.15, -0.1) is 0 Å². The minimum absolute atomic E-state index is 0.187. The van der Waals surface area contributed by atoms with Crippen molar-refractivity contribution < 1.29 is 18.3 Å². The Bertz CT molecular complexity index is 961. The zero-order chi connectivity index (χ0) is 21.7. The van der Waals surface area contributed by atoms with Gasteiger partial charge in [-0.1, -0.05) is 74.0 Å². The van der Waals surface area contributed by atoms with Crippen molar-refractivity contribution in [1.29, 1.82) is 0 Å². The van der Waals surface area contributed by atoms with Crippen molar-refractivity contribution in [2.24, 2.45) is 0 Å². The molecule has 0 saturated carbocycles. The normalized spacial score (nSPS) is 12.4. The van der Waals surface area contributed by atoms with Crippen LogP contribution in [0.1, 0.15) is 60.6 Å². The molecule has 158 valence electrons. The van der Waals surface area contributed by atoms with Gasteiger partial charge in [0.1, 0.15) is 5.82 Å². The predicted molar refractivity (Wildman–Crippen MR) is 115 cm³/mol. The van der Waals surface area contributed by atoms with Gasteiger partial charge in [0.25, 0.3) is 6.43 Å². The van der Waals surface area contributed by atoms with Gasteiger partial charge < -0.3 is 5.11 Å². The molecule has 0 aliphatic heterocycles. The summed E-state index contributed by atoms with van der Waals surface area (Å²) in [5.41, 5.74) is 3.44. The van der Waals surface area contributed by atoms with Crippen LogP contribution in [0.5, 0.6) is 0 Å². The van der Waals surface area contributed by atoms with Crippen molar-refractivity contribution in [3.63, 3.8) is 0 Å². The first-order chi connectivity index (χ1) is 14.4. The third-order valence-corrected chi connectivity index (χ3v) is 5.43. The second kappa shape index (κ2) is 9.94. The van der Waals surface area contributed by atoms with Crippen molar-refractivity contribution in [3.8, 4) is 11.1 Å². The van der Waals surface area contributed by atoms with Crippen LogP contribution in [0.4, 0.5) is 13.2 Å². The number of benzene rings is 3. The molecule has 0 aliphatic carbocycles. The van der Waals surface area contributed by atoms with Gasteiger partial charge in [-0.2, -0.15) is 0 Å². The smallest absolute Gasteiger partial charge is 0.267 e. The van der Waals surface area contributed by atoms with Gasteiger partial charge in [0.15, 0.2) is 0 Å². The van der Waals surface area contributed by atoms with Crippen LogP contribution in [-0.4, -0.2) is 5.11 Å². The molecule has 30 heavy (non-hydrogen) atoms. The highest BCUT2D eigenvalue weighted by Crippen LogP contribution is 2.35. The summed E-state index contributed by atoms with van der Waals surface area (Å²) in [4.78, 5) is 0. The standard InChI is InChI=1S/C26H27F3O/c1-3-4-18-5-7-19(8-6-18)9-10-22-15-16-23(24(25(22)27)26(28)29)21-13-11-20(12-14-21)17(2)30/h5-8,11-17,26,30H,3-4,9-10H2,1-2H3. The SMILES string of the molecule is CCCc1ccc(CCc2ccc(-c3ccc(C(C)O)cc3)c(C(F)F)c2F)cc1. The molecule has 0 aliphatic rings. The highest BCUT2D eigenvalue weighted by Gasteiger charge is 2.22. The number of alkyl halides is 2. The van der Waals surface area contributed by atoms with E-state index < -0.39 is 23.9 Å². The summed E-state index contributed by atoms with van der Waals surface area (Å²) in [5, 5.41) is 9.62. The quantitative estimate of drug-likeness (QED) is 0.414. The van der Waals surface area contributed by atoms with Crippen molar-refractivity contribution in [1.82, 2.24) is 0 Å². The van der Waals surface area contributed by atoms with E-state index in [-0.39, 0.29) is 5.56 Å². The van der Waals surface area contributed by atoms with Crippen LogP contribution >= 0.6 is 0 Å². The Kier molecular flexibility index (Phi) is 7.33. The van der Waals surface area contributed by atoms with E-state index in [0.717, 1.165) is 18.4 Å². The Labute approximate surface area is 176 Å². The van der Waals surface area contributed by atoms with Gasteiger partial charge in [0.05, 0.1) is 11.7 Å². The number of hydrogen-bond acceptors (Lipinski definition) is 1. The predicted octanol–water partition coefficient (Wildman–Crippen LogP) is 7.22. The summed E-state index contributed by atoms with van der Waals surface area (Å²) in [6.07, 6.45) is -0.510. The Morgan fingerprint density at radius 2 is 1.40 bits per heavy atom. The molecule has 4 heteroatoms. The van der Waals surface area contributed by atoms with E-state index in [2.05, 4.69) is 19.1 Å². The van der Waals surface area contributed by atoms with Crippen LogP contribution < -0.4 is 0 Å². The summed E-state index contributed by atoms with van der Waals surface area (Å²) in [5.74, 6) is -0.829. The van der Waals surface area contributed by atoms with Gasteiger partial charge in [-0.3, -0.25) is 0 Å². The molecule has 1 atom stereocenters. The highest BCUT2D eigenvalue weighted by molar-refractivity contribution is 5.69. The minimum Gasteiger partial charge on any atom is -0.389 e. The van der Waals surface area contributed by atoms with Crippen LogP contribution in [0.2, 0.25) is 0 Å². The Morgan fingerprint density at radius 3 is 1.93 bits per heavy atom. The molecule has 0 spiro atoms. The summed E-state index contributed by atoms with van der Waals surface area (Å²) in [7, 11) is 0. The van der Waals surface area contributed by atoms with E-state index in [0.29, 0.717) is 29.5 Å². The first-order valence-corrected chi connectivity index (χ1v) is 10.4. The average Bonchev–Trinajstić information content (AvgIpc) is 2.73. The summed E-state index contributed by atoms with van der Waals surface area (Å²) in [6, 6.07) is 18.0. The molecule has 0 saturated heterocycles. The topological polar surface area (TPSA) is 20.2 Å². The number of aliphatic hydroxyl groups excluding tert-OH is 1. The van der Waals surface area contributed by atoms with Crippen LogP contribution in [0.3, 0.4) is 0 Å². The highest BCUT2D eigenvalue weighted by atomic mass is 19.3. The van der Waals surface area contributed by atoms with E-state index in [1.54, 1.807) is 43.3 Å². The molecule has 0 radical (unpaired) electrons. The lowest BCUT2D eigenvalue weighted by Crippen LogP contribution is -2.03. The fraction of sp³-hybridized carbons (Fsp3) is 0.308.